The average molecular weight is 515 g/mol. The summed E-state index contributed by atoms with van der Waals surface area (Å²) in [6.07, 6.45) is 8.44. The molecule has 1 N–H and O–H groups in total. The summed E-state index contributed by atoms with van der Waals surface area (Å²) in [5.41, 5.74) is 6.21. The lowest BCUT2D eigenvalue weighted by molar-refractivity contribution is -0.134. The predicted octanol–water partition coefficient (Wildman–Crippen LogP) is 6.62. The van der Waals surface area contributed by atoms with Gasteiger partial charge in [0.25, 0.3) is 0 Å². The van der Waals surface area contributed by atoms with E-state index in [2.05, 4.69) is 58.5 Å². The summed E-state index contributed by atoms with van der Waals surface area (Å²) in [5.74, 6) is 0.444. The Bertz CT molecular complexity index is 1410. The van der Waals surface area contributed by atoms with Crippen molar-refractivity contribution < 1.29 is 14.3 Å². The minimum atomic E-state index is -0.346. The summed E-state index contributed by atoms with van der Waals surface area (Å²) in [5, 5.41) is 1.96. The highest BCUT2D eigenvalue weighted by Crippen LogP contribution is 2.37. The normalized spacial score (nSPS) is 14.9. The second kappa shape index (κ2) is 11.7. The van der Waals surface area contributed by atoms with E-state index in [0.717, 1.165) is 43.7 Å². The second-order valence-electron chi connectivity index (χ2n) is 9.32. The summed E-state index contributed by atoms with van der Waals surface area (Å²) >= 11 is 6.14. The number of nitrogens with zero attached hydrogens (tertiary/aromatic N) is 1. The number of nitrogens with one attached hydrogen (secondary N) is 1. The van der Waals surface area contributed by atoms with Crippen LogP contribution in [-0.4, -0.2) is 42.7 Å². The van der Waals surface area contributed by atoms with Crippen LogP contribution in [0.15, 0.2) is 79.0 Å². The van der Waals surface area contributed by atoms with Crippen molar-refractivity contribution in [3.05, 3.63) is 106 Å². The molecule has 1 aliphatic carbocycles. The molecular weight excluding hydrogens is 484 g/mol. The van der Waals surface area contributed by atoms with Crippen LogP contribution in [0.1, 0.15) is 34.7 Å². The Morgan fingerprint density at radius 2 is 2.00 bits per heavy atom. The van der Waals surface area contributed by atoms with Crippen molar-refractivity contribution in [2.24, 2.45) is 0 Å². The SMILES string of the molecule is COC(=O)C=Cc1ccc2c(c1)CCC2N(CCOc1cccc(Cl)c1)CCc1c[nH]c2ccccc12. The Hall–Kier alpha value is -3.54. The lowest BCUT2D eigenvalue weighted by Crippen LogP contribution is -2.33. The molecule has 0 radical (unpaired) electrons. The van der Waals surface area contributed by atoms with E-state index in [1.165, 1.54) is 40.8 Å². The van der Waals surface area contributed by atoms with Gasteiger partial charge in [0.05, 0.1) is 7.11 Å². The third-order valence-electron chi connectivity index (χ3n) is 7.05. The molecule has 1 aliphatic rings. The molecule has 5 rings (SSSR count). The zero-order chi connectivity index (χ0) is 25.6. The fourth-order valence-electron chi connectivity index (χ4n) is 5.19. The number of aryl methyl sites for hydroxylation is 1. The Morgan fingerprint density at radius 3 is 2.86 bits per heavy atom. The van der Waals surface area contributed by atoms with Gasteiger partial charge < -0.3 is 14.5 Å². The lowest BCUT2D eigenvalue weighted by Gasteiger charge is -2.29. The Kier molecular flexibility index (Phi) is 7.93. The van der Waals surface area contributed by atoms with Gasteiger partial charge in [-0.15, -0.1) is 0 Å². The lowest BCUT2D eigenvalue weighted by atomic mass is 10.0. The number of benzene rings is 3. The number of aromatic amines is 1. The van der Waals surface area contributed by atoms with Gasteiger partial charge in [0, 0.05) is 47.3 Å². The number of carbonyl (C=O) groups excluding carboxylic acids is 1. The number of aromatic nitrogens is 1. The average Bonchev–Trinajstić information content (AvgIpc) is 3.53. The maximum absolute atomic E-state index is 11.5. The third kappa shape index (κ3) is 6.07. The number of ether oxygens (including phenoxy) is 2. The van der Waals surface area contributed by atoms with E-state index in [1.54, 1.807) is 0 Å². The highest BCUT2D eigenvalue weighted by Gasteiger charge is 2.28. The topological polar surface area (TPSA) is 54.6 Å². The summed E-state index contributed by atoms with van der Waals surface area (Å²) in [7, 11) is 1.39. The number of methoxy groups -OCH3 is 1. The highest BCUT2D eigenvalue weighted by molar-refractivity contribution is 6.30. The van der Waals surface area contributed by atoms with Gasteiger partial charge in [0.2, 0.25) is 0 Å². The molecule has 5 nitrogen and oxygen atoms in total. The molecule has 1 heterocycles. The number of para-hydroxylation sites is 1. The fraction of sp³-hybridized carbons (Fsp3) is 0.258. The van der Waals surface area contributed by atoms with E-state index in [1.807, 2.05) is 30.3 Å². The second-order valence-corrected chi connectivity index (χ2v) is 9.76. The van der Waals surface area contributed by atoms with E-state index in [9.17, 15) is 4.79 Å². The minimum Gasteiger partial charge on any atom is -0.492 e. The van der Waals surface area contributed by atoms with E-state index >= 15 is 0 Å². The van der Waals surface area contributed by atoms with Crippen LogP contribution in [-0.2, 0) is 22.4 Å². The molecule has 6 heteroatoms. The molecule has 190 valence electrons. The number of rotatable bonds is 10. The summed E-state index contributed by atoms with van der Waals surface area (Å²) in [4.78, 5) is 17.4. The van der Waals surface area contributed by atoms with Gasteiger partial charge in [-0.3, -0.25) is 4.90 Å². The van der Waals surface area contributed by atoms with Crippen LogP contribution in [0, 0.1) is 0 Å². The molecule has 37 heavy (non-hydrogen) atoms. The monoisotopic (exact) mass is 514 g/mol. The molecule has 3 aromatic carbocycles. The number of esters is 1. The van der Waals surface area contributed by atoms with Gasteiger partial charge in [-0.1, -0.05) is 54.1 Å². The first-order valence-electron chi connectivity index (χ1n) is 12.7. The molecule has 0 fully saturated rings. The standard InChI is InChI=1S/C31H31ClN2O3/c1-36-31(35)14-10-22-9-12-28-23(19-22)11-13-30(28)34(17-18-37-26-6-4-5-25(32)20-26)16-15-24-21-33-29-8-3-2-7-27(24)29/h2-10,12,14,19-21,30,33H,11,13,15-18H2,1H3. The Morgan fingerprint density at radius 1 is 1.11 bits per heavy atom. The van der Waals surface area contributed by atoms with Crippen LogP contribution in [0.4, 0.5) is 0 Å². The van der Waals surface area contributed by atoms with Crippen molar-refractivity contribution >= 4 is 34.5 Å². The van der Waals surface area contributed by atoms with Crippen molar-refractivity contribution in [3.8, 4) is 5.75 Å². The van der Waals surface area contributed by atoms with Gasteiger partial charge in [-0.05, 0) is 71.9 Å². The molecule has 0 spiro atoms. The van der Waals surface area contributed by atoms with Crippen molar-refractivity contribution in [2.45, 2.75) is 25.3 Å². The zero-order valence-corrected chi connectivity index (χ0v) is 21.7. The first-order chi connectivity index (χ1) is 18.1. The molecular formula is C31H31ClN2O3. The molecule has 1 aromatic heterocycles. The number of hydrogen-bond acceptors (Lipinski definition) is 4. The summed E-state index contributed by atoms with van der Waals surface area (Å²) < 4.78 is 10.8. The number of fused-ring (bicyclic) bond motifs is 2. The van der Waals surface area contributed by atoms with E-state index in [-0.39, 0.29) is 5.97 Å². The van der Waals surface area contributed by atoms with Crippen molar-refractivity contribution in [1.82, 2.24) is 9.88 Å². The zero-order valence-electron chi connectivity index (χ0n) is 21.0. The van der Waals surface area contributed by atoms with Gasteiger partial charge in [0.1, 0.15) is 12.4 Å². The third-order valence-corrected chi connectivity index (χ3v) is 7.29. The van der Waals surface area contributed by atoms with Crippen LogP contribution < -0.4 is 4.74 Å². The molecule has 0 saturated heterocycles. The van der Waals surface area contributed by atoms with Gasteiger partial charge in [-0.2, -0.15) is 0 Å². The summed E-state index contributed by atoms with van der Waals surface area (Å²) in [6, 6.07) is 22.8. The highest BCUT2D eigenvalue weighted by atomic mass is 35.5. The van der Waals surface area contributed by atoms with E-state index in [4.69, 9.17) is 21.1 Å². The predicted molar refractivity (Wildman–Crippen MR) is 149 cm³/mol. The molecule has 0 amide bonds. The largest absolute Gasteiger partial charge is 0.492 e. The van der Waals surface area contributed by atoms with Gasteiger partial charge >= 0.3 is 5.97 Å². The number of halogens is 1. The molecule has 0 bridgehead atoms. The first-order valence-corrected chi connectivity index (χ1v) is 13.0. The van der Waals surface area contributed by atoms with Gasteiger partial charge in [0.15, 0.2) is 0 Å². The Balaban J connectivity index is 1.33. The van der Waals surface area contributed by atoms with Crippen LogP contribution in [0.3, 0.4) is 0 Å². The number of H-pyrrole nitrogens is 1. The van der Waals surface area contributed by atoms with Crippen molar-refractivity contribution in [1.29, 1.82) is 0 Å². The molecule has 1 unspecified atom stereocenters. The molecule has 0 aliphatic heterocycles. The van der Waals surface area contributed by atoms with E-state index in [0.29, 0.717) is 17.7 Å². The van der Waals surface area contributed by atoms with Crippen molar-refractivity contribution in [2.75, 3.05) is 26.8 Å². The Labute approximate surface area is 222 Å². The van der Waals surface area contributed by atoms with Crippen molar-refractivity contribution in [3.63, 3.8) is 0 Å². The van der Waals surface area contributed by atoms with Crippen LogP contribution in [0.25, 0.3) is 17.0 Å². The van der Waals surface area contributed by atoms with Gasteiger partial charge in [-0.25, -0.2) is 4.79 Å². The quantitative estimate of drug-likeness (QED) is 0.191. The molecule has 4 aromatic rings. The minimum absolute atomic E-state index is 0.321. The van der Waals surface area contributed by atoms with Crippen LogP contribution in [0.2, 0.25) is 5.02 Å². The fourth-order valence-corrected chi connectivity index (χ4v) is 5.37. The van der Waals surface area contributed by atoms with E-state index < -0.39 is 0 Å². The first kappa shape index (κ1) is 25.1. The smallest absolute Gasteiger partial charge is 0.330 e. The van der Waals surface area contributed by atoms with Crippen LogP contribution >= 0.6 is 11.6 Å². The van der Waals surface area contributed by atoms with Crippen LogP contribution in [0.5, 0.6) is 5.75 Å². The number of carbonyl (C=O) groups is 1. The maximum atomic E-state index is 11.5. The summed E-state index contributed by atoms with van der Waals surface area (Å²) in [6.45, 7) is 2.32. The maximum Gasteiger partial charge on any atom is 0.330 e. The number of hydrogen-bond donors (Lipinski definition) is 1. The molecule has 0 saturated carbocycles. The molecule has 1 atom stereocenters.